The molecule has 1 saturated heterocycles. The highest BCUT2D eigenvalue weighted by molar-refractivity contribution is 8.00. The number of benzene rings is 1. The van der Waals surface area contributed by atoms with Crippen LogP contribution in [-0.4, -0.2) is 37.7 Å². The maximum Gasteiger partial charge on any atom is 0.262 e. The lowest BCUT2D eigenvalue weighted by Crippen LogP contribution is -2.50. The first kappa shape index (κ1) is 20.9. The minimum atomic E-state index is -0.283. The van der Waals surface area contributed by atoms with Crippen molar-refractivity contribution in [1.29, 1.82) is 0 Å². The predicted octanol–water partition coefficient (Wildman–Crippen LogP) is 4.32. The van der Waals surface area contributed by atoms with E-state index in [0.717, 1.165) is 12.8 Å². The highest BCUT2D eigenvalue weighted by Crippen LogP contribution is 2.29. The van der Waals surface area contributed by atoms with E-state index >= 15 is 0 Å². The first-order valence-corrected chi connectivity index (χ1v) is 11.2. The fraction of sp³-hybridized carbons (Fsp3) is 0.591. The Labute approximate surface area is 171 Å². The molecule has 3 rings (SSSR count). The molecule has 28 heavy (non-hydrogen) atoms. The normalized spacial score (nSPS) is 21.3. The Hall–Kier alpha value is -1.82. The molecule has 0 radical (unpaired) electrons. The Morgan fingerprint density at radius 2 is 1.82 bits per heavy atom. The summed E-state index contributed by atoms with van der Waals surface area (Å²) in [6, 6.07) is 7.97. The van der Waals surface area contributed by atoms with Crippen molar-refractivity contribution >= 4 is 28.6 Å². The van der Waals surface area contributed by atoms with Gasteiger partial charge in [-0.1, -0.05) is 37.7 Å². The van der Waals surface area contributed by atoms with Crippen molar-refractivity contribution in [2.45, 2.75) is 82.9 Å². The Kier molecular flexibility index (Phi) is 6.48. The van der Waals surface area contributed by atoms with Crippen LogP contribution in [0.25, 0.3) is 10.9 Å². The third-order valence-electron chi connectivity index (χ3n) is 5.45. The summed E-state index contributed by atoms with van der Waals surface area (Å²) >= 11 is 1.41. The number of piperidine rings is 1. The van der Waals surface area contributed by atoms with Crippen molar-refractivity contribution in [2.75, 3.05) is 0 Å². The number of carbonyl (C=O) groups excluding carboxylic acids is 1. The van der Waals surface area contributed by atoms with Gasteiger partial charge in [0.25, 0.3) is 5.56 Å². The van der Waals surface area contributed by atoms with Crippen LogP contribution in [0.15, 0.2) is 34.2 Å². The molecule has 6 heteroatoms. The van der Waals surface area contributed by atoms with Gasteiger partial charge in [-0.15, -0.1) is 0 Å². The average molecular weight is 402 g/mol. The van der Waals surface area contributed by atoms with Gasteiger partial charge in [0.05, 0.1) is 16.2 Å². The van der Waals surface area contributed by atoms with Gasteiger partial charge in [-0.25, -0.2) is 4.98 Å². The van der Waals surface area contributed by atoms with Crippen molar-refractivity contribution in [1.82, 2.24) is 14.5 Å². The van der Waals surface area contributed by atoms with Crippen LogP contribution in [0.2, 0.25) is 0 Å². The van der Waals surface area contributed by atoms with Crippen molar-refractivity contribution in [3.05, 3.63) is 34.6 Å². The minimum Gasteiger partial charge on any atom is -0.336 e. The molecule has 0 bridgehead atoms. The molecule has 1 aromatic carbocycles. The van der Waals surface area contributed by atoms with E-state index < -0.39 is 0 Å². The van der Waals surface area contributed by atoms with Crippen LogP contribution < -0.4 is 5.56 Å². The molecule has 2 heterocycles. The predicted molar refractivity (Wildman–Crippen MR) is 116 cm³/mol. The molecule has 1 amide bonds. The van der Waals surface area contributed by atoms with Gasteiger partial charge in [0.15, 0.2) is 5.16 Å². The molecule has 3 atom stereocenters. The van der Waals surface area contributed by atoms with Crippen LogP contribution in [0.5, 0.6) is 0 Å². The summed E-state index contributed by atoms with van der Waals surface area (Å²) in [7, 11) is 0. The molecule has 152 valence electrons. The maximum atomic E-state index is 13.2. The lowest BCUT2D eigenvalue weighted by atomic mass is 9.97. The zero-order valence-electron chi connectivity index (χ0n) is 17.5. The second-order valence-electron chi connectivity index (χ2n) is 8.36. The standard InChI is InChI=1S/C22H31N3O2S/c1-14(2)13-24-21(27)18-11-6-7-12-19(18)23-22(24)28-17(5)20(26)25-15(3)9-8-10-16(25)4/h6-7,11-12,14-17H,8-10,13H2,1-5H3/t15-,16-,17+/m0/s1. The number of thioether (sulfide) groups is 1. The van der Waals surface area contributed by atoms with E-state index in [9.17, 15) is 9.59 Å². The zero-order chi connectivity index (χ0) is 20.4. The first-order valence-electron chi connectivity index (χ1n) is 10.3. The number of nitrogens with zero attached hydrogens (tertiary/aromatic N) is 3. The largest absolute Gasteiger partial charge is 0.336 e. The van der Waals surface area contributed by atoms with Gasteiger partial charge in [0.2, 0.25) is 5.91 Å². The summed E-state index contributed by atoms with van der Waals surface area (Å²) in [6.07, 6.45) is 3.29. The SMILES string of the molecule is CC(C)Cn1c(S[C@H](C)C(=O)N2[C@@H](C)CCC[C@@H]2C)nc2ccccc2c1=O. The molecule has 0 aliphatic carbocycles. The van der Waals surface area contributed by atoms with Crippen LogP contribution in [-0.2, 0) is 11.3 Å². The van der Waals surface area contributed by atoms with Crippen LogP contribution in [0.4, 0.5) is 0 Å². The van der Waals surface area contributed by atoms with E-state index in [1.807, 2.05) is 36.1 Å². The highest BCUT2D eigenvalue weighted by Gasteiger charge is 2.32. The Morgan fingerprint density at radius 1 is 1.18 bits per heavy atom. The zero-order valence-corrected chi connectivity index (χ0v) is 18.3. The van der Waals surface area contributed by atoms with Crippen LogP contribution in [0, 0.1) is 5.92 Å². The number of rotatable bonds is 5. The topological polar surface area (TPSA) is 55.2 Å². The number of fused-ring (bicyclic) bond motifs is 1. The lowest BCUT2D eigenvalue weighted by molar-refractivity contribution is -0.136. The summed E-state index contributed by atoms with van der Waals surface area (Å²) in [5, 5.41) is 0.981. The molecule has 0 N–H and O–H groups in total. The van der Waals surface area contributed by atoms with Crippen LogP contribution in [0.3, 0.4) is 0 Å². The second kappa shape index (κ2) is 8.68. The summed E-state index contributed by atoms with van der Waals surface area (Å²) in [5.41, 5.74) is 0.663. The van der Waals surface area contributed by atoms with Gasteiger partial charge in [0.1, 0.15) is 0 Å². The van der Waals surface area contributed by atoms with Crippen molar-refractivity contribution in [3.63, 3.8) is 0 Å². The highest BCUT2D eigenvalue weighted by atomic mass is 32.2. The van der Waals surface area contributed by atoms with E-state index in [-0.39, 0.29) is 28.8 Å². The van der Waals surface area contributed by atoms with E-state index in [2.05, 4.69) is 27.7 Å². The lowest BCUT2D eigenvalue weighted by Gasteiger charge is -2.40. The average Bonchev–Trinajstić information content (AvgIpc) is 2.64. The smallest absolute Gasteiger partial charge is 0.262 e. The van der Waals surface area contributed by atoms with Crippen molar-refractivity contribution in [2.24, 2.45) is 5.92 Å². The molecular formula is C22H31N3O2S. The first-order chi connectivity index (χ1) is 13.3. The fourth-order valence-electron chi connectivity index (χ4n) is 4.04. The maximum absolute atomic E-state index is 13.2. The summed E-state index contributed by atoms with van der Waals surface area (Å²) < 4.78 is 1.74. The van der Waals surface area contributed by atoms with Gasteiger partial charge >= 0.3 is 0 Å². The van der Waals surface area contributed by atoms with Crippen molar-refractivity contribution < 1.29 is 4.79 Å². The van der Waals surface area contributed by atoms with Gasteiger partial charge in [0, 0.05) is 18.6 Å². The number of likely N-dealkylation sites (tertiary alicyclic amines) is 1. The Bertz CT molecular complexity index is 898. The molecule has 0 unspecified atom stereocenters. The van der Waals surface area contributed by atoms with E-state index in [4.69, 9.17) is 4.98 Å². The number of para-hydroxylation sites is 1. The molecule has 1 aliphatic rings. The summed E-state index contributed by atoms with van der Waals surface area (Å²) in [4.78, 5) is 33.0. The Balaban J connectivity index is 1.94. The molecule has 1 aliphatic heterocycles. The van der Waals surface area contributed by atoms with Crippen molar-refractivity contribution in [3.8, 4) is 0 Å². The molecule has 2 aromatic rings. The molecular weight excluding hydrogens is 370 g/mol. The number of hydrogen-bond donors (Lipinski definition) is 0. The molecule has 0 saturated carbocycles. The number of amides is 1. The number of carbonyl (C=O) groups is 1. The second-order valence-corrected chi connectivity index (χ2v) is 9.66. The van der Waals surface area contributed by atoms with Gasteiger partial charge in [-0.05, 0) is 58.1 Å². The van der Waals surface area contributed by atoms with Crippen LogP contribution in [0.1, 0.15) is 53.9 Å². The quantitative estimate of drug-likeness (QED) is 0.553. The van der Waals surface area contributed by atoms with E-state index in [1.54, 1.807) is 4.57 Å². The van der Waals surface area contributed by atoms with Gasteiger partial charge < -0.3 is 4.90 Å². The third-order valence-corrected chi connectivity index (χ3v) is 6.53. The number of aromatic nitrogens is 2. The van der Waals surface area contributed by atoms with E-state index in [1.165, 1.54) is 18.2 Å². The molecule has 0 spiro atoms. The molecule has 1 fully saturated rings. The van der Waals surface area contributed by atoms with Crippen LogP contribution >= 0.6 is 11.8 Å². The van der Waals surface area contributed by atoms with Gasteiger partial charge in [-0.2, -0.15) is 0 Å². The summed E-state index contributed by atoms with van der Waals surface area (Å²) in [6.45, 7) is 11.0. The monoisotopic (exact) mass is 401 g/mol. The fourth-order valence-corrected chi connectivity index (χ4v) is 5.01. The molecule has 1 aromatic heterocycles. The summed E-state index contributed by atoms with van der Waals surface area (Å²) in [5.74, 6) is 0.455. The van der Waals surface area contributed by atoms with E-state index in [0.29, 0.717) is 28.5 Å². The van der Waals surface area contributed by atoms with Gasteiger partial charge in [-0.3, -0.25) is 14.2 Å². The number of hydrogen-bond acceptors (Lipinski definition) is 4. The minimum absolute atomic E-state index is 0.0267. The third kappa shape index (κ3) is 4.27. The molecule has 5 nitrogen and oxygen atoms in total. The Morgan fingerprint density at radius 3 is 2.46 bits per heavy atom.